The van der Waals surface area contributed by atoms with E-state index in [4.69, 9.17) is 0 Å². The lowest BCUT2D eigenvalue weighted by molar-refractivity contribution is 0.223. The van der Waals surface area contributed by atoms with Gasteiger partial charge in [0.25, 0.3) is 0 Å². The van der Waals surface area contributed by atoms with Crippen molar-refractivity contribution in [3.05, 3.63) is 35.9 Å². The molecule has 1 N–H and O–H groups in total. The maximum Gasteiger partial charge on any atom is 0.0446 e. The molecule has 18 heavy (non-hydrogen) atoms. The Balaban J connectivity index is 2.61. The van der Waals surface area contributed by atoms with E-state index in [0.717, 1.165) is 19.0 Å². The Morgan fingerprint density at radius 2 is 1.78 bits per heavy atom. The molecule has 0 aliphatic heterocycles. The summed E-state index contributed by atoms with van der Waals surface area (Å²) in [4.78, 5) is 2.54. The van der Waals surface area contributed by atoms with E-state index in [9.17, 15) is 0 Å². The zero-order valence-corrected chi connectivity index (χ0v) is 12.3. The lowest BCUT2D eigenvalue weighted by Crippen LogP contribution is -2.36. The van der Waals surface area contributed by atoms with Crippen LogP contribution in [-0.4, -0.2) is 31.6 Å². The van der Waals surface area contributed by atoms with Crippen molar-refractivity contribution in [2.75, 3.05) is 26.7 Å². The van der Waals surface area contributed by atoms with Crippen LogP contribution in [0.25, 0.3) is 0 Å². The third kappa shape index (κ3) is 4.79. The van der Waals surface area contributed by atoms with Gasteiger partial charge in [0.15, 0.2) is 0 Å². The number of benzene rings is 1. The zero-order valence-electron chi connectivity index (χ0n) is 12.3. The molecule has 0 radical (unpaired) electrons. The van der Waals surface area contributed by atoms with Crippen molar-refractivity contribution in [3.8, 4) is 0 Å². The Labute approximate surface area is 112 Å². The molecule has 0 aliphatic carbocycles. The first-order chi connectivity index (χ1) is 8.71. The molecule has 1 aromatic carbocycles. The van der Waals surface area contributed by atoms with Gasteiger partial charge in [0.05, 0.1) is 0 Å². The third-order valence-electron chi connectivity index (χ3n) is 3.71. The molecule has 2 heteroatoms. The summed E-state index contributed by atoms with van der Waals surface area (Å²) < 4.78 is 0. The first-order valence-electron chi connectivity index (χ1n) is 7.15. The number of rotatable bonds is 8. The van der Waals surface area contributed by atoms with Crippen molar-refractivity contribution in [1.82, 2.24) is 10.2 Å². The Kier molecular flexibility index (Phi) is 6.99. The second-order valence-corrected chi connectivity index (χ2v) is 5.12. The Morgan fingerprint density at radius 3 is 2.28 bits per heavy atom. The van der Waals surface area contributed by atoms with Crippen LogP contribution in [-0.2, 0) is 0 Å². The van der Waals surface area contributed by atoms with Crippen LogP contribution in [0.5, 0.6) is 0 Å². The molecule has 2 unspecified atom stereocenters. The molecule has 0 aromatic heterocycles. The maximum absolute atomic E-state index is 3.43. The molecule has 0 bridgehead atoms. The molecule has 0 spiro atoms. The molecule has 2 atom stereocenters. The number of nitrogens with one attached hydrogen (secondary N) is 1. The van der Waals surface area contributed by atoms with Gasteiger partial charge >= 0.3 is 0 Å². The average molecular weight is 248 g/mol. The van der Waals surface area contributed by atoms with Crippen molar-refractivity contribution >= 4 is 0 Å². The number of nitrogens with zero attached hydrogens (tertiary/aromatic N) is 1. The van der Waals surface area contributed by atoms with Crippen molar-refractivity contribution in [1.29, 1.82) is 0 Å². The summed E-state index contributed by atoms with van der Waals surface area (Å²) in [5.41, 5.74) is 1.38. The van der Waals surface area contributed by atoms with Crippen LogP contribution in [0.3, 0.4) is 0 Å². The van der Waals surface area contributed by atoms with Gasteiger partial charge < -0.3 is 10.2 Å². The SMILES string of the molecule is CCC(C)CN(CC)CC(NC)c1ccccc1. The van der Waals surface area contributed by atoms with Gasteiger partial charge in [-0.1, -0.05) is 57.5 Å². The molecule has 0 saturated heterocycles. The van der Waals surface area contributed by atoms with Crippen molar-refractivity contribution < 1.29 is 0 Å². The molecule has 2 nitrogen and oxygen atoms in total. The van der Waals surface area contributed by atoms with Gasteiger partial charge in [0.1, 0.15) is 0 Å². The number of hydrogen-bond donors (Lipinski definition) is 1. The second-order valence-electron chi connectivity index (χ2n) is 5.12. The molecule has 1 aromatic rings. The molecular formula is C16H28N2. The summed E-state index contributed by atoms with van der Waals surface area (Å²) in [6.07, 6.45) is 1.26. The fourth-order valence-corrected chi connectivity index (χ4v) is 2.21. The van der Waals surface area contributed by atoms with Crippen LogP contribution in [0, 0.1) is 5.92 Å². The van der Waals surface area contributed by atoms with Crippen LogP contribution < -0.4 is 5.32 Å². The Morgan fingerprint density at radius 1 is 1.11 bits per heavy atom. The standard InChI is InChI=1S/C16H28N2/c1-5-14(3)12-18(6-2)13-16(17-4)15-10-8-7-9-11-15/h7-11,14,16-17H,5-6,12-13H2,1-4H3. The van der Waals surface area contributed by atoms with E-state index in [1.807, 2.05) is 0 Å². The van der Waals surface area contributed by atoms with Crippen LogP contribution >= 0.6 is 0 Å². The van der Waals surface area contributed by atoms with Crippen LogP contribution in [0.2, 0.25) is 0 Å². The van der Waals surface area contributed by atoms with Gasteiger partial charge in [-0.25, -0.2) is 0 Å². The van der Waals surface area contributed by atoms with Gasteiger partial charge in [0.2, 0.25) is 0 Å². The summed E-state index contributed by atoms with van der Waals surface area (Å²) in [6, 6.07) is 11.1. The minimum atomic E-state index is 0.426. The first kappa shape index (κ1) is 15.2. The molecule has 0 amide bonds. The van der Waals surface area contributed by atoms with Crippen LogP contribution in [0.1, 0.15) is 38.8 Å². The normalized spacial score (nSPS) is 14.7. The summed E-state index contributed by atoms with van der Waals surface area (Å²) in [6.45, 7) is 10.2. The van der Waals surface area contributed by atoms with E-state index in [0.29, 0.717) is 6.04 Å². The van der Waals surface area contributed by atoms with E-state index >= 15 is 0 Å². The fraction of sp³-hybridized carbons (Fsp3) is 0.625. The lowest BCUT2D eigenvalue weighted by Gasteiger charge is -2.28. The summed E-state index contributed by atoms with van der Waals surface area (Å²) in [5.74, 6) is 0.776. The third-order valence-corrected chi connectivity index (χ3v) is 3.71. The van der Waals surface area contributed by atoms with E-state index in [1.165, 1.54) is 18.5 Å². The molecular weight excluding hydrogens is 220 g/mol. The largest absolute Gasteiger partial charge is 0.312 e. The lowest BCUT2D eigenvalue weighted by atomic mass is 10.0. The van der Waals surface area contributed by atoms with Crippen molar-refractivity contribution in [2.24, 2.45) is 5.92 Å². The molecule has 0 fully saturated rings. The minimum Gasteiger partial charge on any atom is -0.312 e. The molecule has 1 rings (SSSR count). The monoisotopic (exact) mass is 248 g/mol. The highest BCUT2D eigenvalue weighted by Crippen LogP contribution is 2.15. The molecule has 0 aliphatic rings. The smallest absolute Gasteiger partial charge is 0.0446 e. The predicted octanol–water partition coefficient (Wildman–Crippen LogP) is 3.32. The first-order valence-corrected chi connectivity index (χ1v) is 7.15. The van der Waals surface area contributed by atoms with Gasteiger partial charge in [-0.2, -0.15) is 0 Å². The quantitative estimate of drug-likeness (QED) is 0.759. The highest BCUT2D eigenvalue weighted by atomic mass is 15.1. The van der Waals surface area contributed by atoms with E-state index in [1.54, 1.807) is 0 Å². The zero-order chi connectivity index (χ0) is 13.4. The number of hydrogen-bond acceptors (Lipinski definition) is 2. The Hall–Kier alpha value is -0.860. The van der Waals surface area contributed by atoms with Gasteiger partial charge in [-0.3, -0.25) is 0 Å². The van der Waals surface area contributed by atoms with Crippen LogP contribution in [0.15, 0.2) is 30.3 Å². The van der Waals surface area contributed by atoms with E-state index in [-0.39, 0.29) is 0 Å². The summed E-state index contributed by atoms with van der Waals surface area (Å²) in [5, 5.41) is 3.43. The second kappa shape index (κ2) is 8.28. The Bertz CT molecular complexity index is 310. The summed E-state index contributed by atoms with van der Waals surface area (Å²) in [7, 11) is 2.05. The fourth-order valence-electron chi connectivity index (χ4n) is 2.21. The predicted molar refractivity (Wildman–Crippen MR) is 79.8 cm³/mol. The van der Waals surface area contributed by atoms with Crippen LogP contribution in [0.4, 0.5) is 0 Å². The number of likely N-dealkylation sites (N-methyl/N-ethyl adjacent to an activating group) is 2. The topological polar surface area (TPSA) is 15.3 Å². The van der Waals surface area contributed by atoms with Gasteiger partial charge in [0, 0.05) is 19.1 Å². The summed E-state index contributed by atoms with van der Waals surface area (Å²) >= 11 is 0. The highest BCUT2D eigenvalue weighted by Gasteiger charge is 2.14. The van der Waals surface area contributed by atoms with E-state index < -0.39 is 0 Å². The molecule has 0 saturated carbocycles. The van der Waals surface area contributed by atoms with Gasteiger partial charge in [-0.05, 0) is 25.1 Å². The average Bonchev–Trinajstić information content (AvgIpc) is 2.43. The van der Waals surface area contributed by atoms with Crippen molar-refractivity contribution in [2.45, 2.75) is 33.2 Å². The van der Waals surface area contributed by atoms with E-state index in [2.05, 4.69) is 68.4 Å². The molecule has 102 valence electrons. The molecule has 0 heterocycles. The van der Waals surface area contributed by atoms with Gasteiger partial charge in [-0.15, -0.1) is 0 Å². The maximum atomic E-state index is 3.43. The van der Waals surface area contributed by atoms with Crippen molar-refractivity contribution in [3.63, 3.8) is 0 Å². The highest BCUT2D eigenvalue weighted by molar-refractivity contribution is 5.19. The minimum absolute atomic E-state index is 0.426.